The first-order valence-corrected chi connectivity index (χ1v) is 11.4. The zero-order valence-electron chi connectivity index (χ0n) is 18.0. The molecule has 0 spiro atoms. The summed E-state index contributed by atoms with van der Waals surface area (Å²) >= 11 is 0. The fourth-order valence-corrected chi connectivity index (χ4v) is 4.89. The number of rotatable bonds is 5. The van der Waals surface area contributed by atoms with Gasteiger partial charge in [0, 0.05) is 50.5 Å². The van der Waals surface area contributed by atoms with Crippen LogP contribution in [0.1, 0.15) is 62.8 Å². The van der Waals surface area contributed by atoms with Gasteiger partial charge in [0.1, 0.15) is 6.10 Å². The molecule has 3 heterocycles. The second-order valence-corrected chi connectivity index (χ2v) is 8.96. The number of carbonyl (C=O) groups is 4. The summed E-state index contributed by atoms with van der Waals surface area (Å²) in [5, 5.41) is 11.5. The van der Waals surface area contributed by atoms with E-state index in [-0.39, 0.29) is 41.6 Å². The van der Waals surface area contributed by atoms with Gasteiger partial charge in [-0.05, 0) is 37.7 Å². The van der Waals surface area contributed by atoms with E-state index in [9.17, 15) is 19.2 Å². The molecule has 4 rings (SSSR count). The number of piperidine rings is 2. The number of hydrogen-bond donors (Lipinski definition) is 2. The van der Waals surface area contributed by atoms with Crippen molar-refractivity contribution in [1.29, 1.82) is 0 Å². The number of amides is 3. The summed E-state index contributed by atoms with van der Waals surface area (Å²) < 4.78 is 5.99. The Bertz CT molecular complexity index is 870. The van der Waals surface area contributed by atoms with Crippen molar-refractivity contribution in [3.63, 3.8) is 0 Å². The monoisotopic (exact) mass is 443 g/mol. The quantitative estimate of drug-likeness (QED) is 0.665. The lowest BCUT2D eigenvalue weighted by Gasteiger charge is -2.35. The summed E-state index contributed by atoms with van der Waals surface area (Å²) in [5.74, 6) is -1.41. The standard InChI is InChI=1S/C23H29N3O6/c27-19-7-6-18(21(28)25-19)16-5-8-20(24-13-16)32-17-9-11-26(12-10-17)22(29)14-1-3-15(4-2-14)23(30)31/h5,8,13-15,17-18H,1-4,6-7,9-12H2,(H,30,31)(H,25,27,28). The number of carboxylic acid groups (broad SMARTS) is 1. The van der Waals surface area contributed by atoms with Crippen LogP contribution in [0.4, 0.5) is 0 Å². The molecule has 0 radical (unpaired) electrons. The molecule has 2 aliphatic heterocycles. The molecule has 2 N–H and O–H groups in total. The maximum atomic E-state index is 12.8. The average molecular weight is 444 g/mol. The molecule has 1 aromatic heterocycles. The van der Waals surface area contributed by atoms with Crippen molar-refractivity contribution in [2.45, 2.75) is 63.4 Å². The first-order chi connectivity index (χ1) is 15.4. The first kappa shape index (κ1) is 22.2. The number of aromatic nitrogens is 1. The Kier molecular flexibility index (Phi) is 6.72. The van der Waals surface area contributed by atoms with Crippen LogP contribution >= 0.6 is 0 Å². The Labute approximate surface area is 186 Å². The molecule has 3 aliphatic rings. The van der Waals surface area contributed by atoms with Crippen molar-refractivity contribution in [2.24, 2.45) is 11.8 Å². The zero-order valence-corrected chi connectivity index (χ0v) is 18.0. The van der Waals surface area contributed by atoms with E-state index in [1.165, 1.54) is 0 Å². The Balaban J connectivity index is 1.24. The lowest BCUT2D eigenvalue weighted by atomic mass is 9.81. The lowest BCUT2D eigenvalue weighted by molar-refractivity contribution is -0.146. The molecule has 3 fully saturated rings. The fourth-order valence-electron chi connectivity index (χ4n) is 4.89. The van der Waals surface area contributed by atoms with Crippen molar-refractivity contribution in [3.8, 4) is 5.88 Å². The summed E-state index contributed by atoms with van der Waals surface area (Å²) in [4.78, 5) is 53.4. The molecule has 172 valence electrons. The fraction of sp³-hybridized carbons (Fsp3) is 0.609. The number of carbonyl (C=O) groups excluding carboxylic acids is 3. The molecular weight excluding hydrogens is 414 g/mol. The van der Waals surface area contributed by atoms with Gasteiger partial charge in [-0.15, -0.1) is 0 Å². The number of nitrogens with zero attached hydrogens (tertiary/aromatic N) is 2. The number of aliphatic carboxylic acids is 1. The van der Waals surface area contributed by atoms with Crippen LogP contribution in [-0.4, -0.2) is 57.9 Å². The molecule has 1 unspecified atom stereocenters. The van der Waals surface area contributed by atoms with Gasteiger partial charge in [-0.3, -0.25) is 24.5 Å². The predicted octanol–water partition coefficient (Wildman–Crippen LogP) is 1.86. The summed E-state index contributed by atoms with van der Waals surface area (Å²) in [6, 6.07) is 3.56. The topological polar surface area (TPSA) is 126 Å². The van der Waals surface area contributed by atoms with E-state index in [1.807, 2.05) is 11.0 Å². The van der Waals surface area contributed by atoms with Gasteiger partial charge in [0.05, 0.1) is 11.8 Å². The Morgan fingerprint density at radius 3 is 2.28 bits per heavy atom. The second kappa shape index (κ2) is 9.67. The van der Waals surface area contributed by atoms with Gasteiger partial charge >= 0.3 is 5.97 Å². The van der Waals surface area contributed by atoms with Crippen molar-refractivity contribution >= 4 is 23.7 Å². The minimum atomic E-state index is -0.757. The average Bonchev–Trinajstić information content (AvgIpc) is 2.80. The maximum absolute atomic E-state index is 12.8. The summed E-state index contributed by atoms with van der Waals surface area (Å²) in [5.41, 5.74) is 0.764. The third-order valence-electron chi connectivity index (χ3n) is 6.87. The van der Waals surface area contributed by atoms with E-state index >= 15 is 0 Å². The molecule has 1 aliphatic carbocycles. The number of likely N-dealkylation sites (tertiary alicyclic amines) is 1. The highest BCUT2D eigenvalue weighted by atomic mass is 16.5. The van der Waals surface area contributed by atoms with Crippen LogP contribution in [0.2, 0.25) is 0 Å². The van der Waals surface area contributed by atoms with E-state index < -0.39 is 5.97 Å². The minimum absolute atomic E-state index is 0.0317. The molecule has 32 heavy (non-hydrogen) atoms. The minimum Gasteiger partial charge on any atom is -0.481 e. The number of hydrogen-bond acceptors (Lipinski definition) is 6. The van der Waals surface area contributed by atoms with Crippen molar-refractivity contribution in [2.75, 3.05) is 13.1 Å². The highest BCUT2D eigenvalue weighted by Crippen LogP contribution is 2.31. The van der Waals surface area contributed by atoms with Gasteiger partial charge in [0.25, 0.3) is 0 Å². The number of nitrogens with one attached hydrogen (secondary N) is 1. The van der Waals surface area contributed by atoms with Crippen LogP contribution in [0.5, 0.6) is 5.88 Å². The highest BCUT2D eigenvalue weighted by Gasteiger charge is 2.34. The second-order valence-electron chi connectivity index (χ2n) is 8.96. The number of pyridine rings is 1. The van der Waals surface area contributed by atoms with Gasteiger partial charge < -0.3 is 14.7 Å². The molecule has 1 aromatic rings. The Hall–Kier alpha value is -2.97. The van der Waals surface area contributed by atoms with Crippen molar-refractivity contribution < 1.29 is 29.0 Å². The van der Waals surface area contributed by atoms with E-state index in [0.29, 0.717) is 70.3 Å². The third-order valence-corrected chi connectivity index (χ3v) is 6.87. The highest BCUT2D eigenvalue weighted by molar-refractivity contribution is 6.00. The van der Waals surface area contributed by atoms with E-state index in [1.54, 1.807) is 12.3 Å². The van der Waals surface area contributed by atoms with Crippen LogP contribution in [0.15, 0.2) is 18.3 Å². The summed E-state index contributed by atoms with van der Waals surface area (Å²) in [7, 11) is 0. The van der Waals surface area contributed by atoms with Crippen LogP contribution in [-0.2, 0) is 19.2 Å². The molecule has 1 atom stereocenters. The van der Waals surface area contributed by atoms with E-state index in [4.69, 9.17) is 9.84 Å². The van der Waals surface area contributed by atoms with Gasteiger partial charge in [-0.1, -0.05) is 6.07 Å². The molecule has 9 heteroatoms. The van der Waals surface area contributed by atoms with E-state index in [0.717, 1.165) is 5.56 Å². The Morgan fingerprint density at radius 2 is 1.69 bits per heavy atom. The van der Waals surface area contributed by atoms with Crippen LogP contribution in [0.25, 0.3) is 0 Å². The van der Waals surface area contributed by atoms with Crippen LogP contribution < -0.4 is 10.1 Å². The number of carboxylic acids is 1. The van der Waals surface area contributed by atoms with Gasteiger partial charge in [0.2, 0.25) is 23.6 Å². The first-order valence-electron chi connectivity index (χ1n) is 11.4. The SMILES string of the molecule is O=C1CCC(c2ccc(OC3CCN(C(=O)C4CCC(C(=O)O)CC4)CC3)nc2)C(=O)N1. The molecule has 0 bridgehead atoms. The largest absolute Gasteiger partial charge is 0.481 e. The molecule has 2 saturated heterocycles. The van der Waals surface area contributed by atoms with Crippen molar-refractivity contribution in [3.05, 3.63) is 23.9 Å². The molecule has 3 amide bonds. The molecule has 0 aromatic carbocycles. The summed E-state index contributed by atoms with van der Waals surface area (Å²) in [6.45, 7) is 1.24. The van der Waals surface area contributed by atoms with Crippen LogP contribution in [0, 0.1) is 11.8 Å². The van der Waals surface area contributed by atoms with E-state index in [2.05, 4.69) is 10.3 Å². The normalized spacial score (nSPS) is 27.0. The zero-order chi connectivity index (χ0) is 22.7. The summed E-state index contributed by atoms with van der Waals surface area (Å²) in [6.07, 6.45) is 6.28. The van der Waals surface area contributed by atoms with Gasteiger partial charge in [-0.25, -0.2) is 4.98 Å². The molecule has 1 saturated carbocycles. The Morgan fingerprint density at radius 1 is 1.00 bits per heavy atom. The predicted molar refractivity (Wildman–Crippen MR) is 113 cm³/mol. The number of ether oxygens (including phenoxy) is 1. The third kappa shape index (κ3) is 5.08. The van der Waals surface area contributed by atoms with Crippen LogP contribution in [0.3, 0.4) is 0 Å². The molecular formula is C23H29N3O6. The van der Waals surface area contributed by atoms with Gasteiger partial charge in [0.15, 0.2) is 0 Å². The lowest BCUT2D eigenvalue weighted by Crippen LogP contribution is -2.45. The molecule has 9 nitrogen and oxygen atoms in total. The smallest absolute Gasteiger partial charge is 0.306 e. The van der Waals surface area contributed by atoms with Gasteiger partial charge in [-0.2, -0.15) is 0 Å². The maximum Gasteiger partial charge on any atom is 0.306 e. The van der Waals surface area contributed by atoms with Crippen molar-refractivity contribution in [1.82, 2.24) is 15.2 Å². The number of imide groups is 1.